The average Bonchev–Trinajstić information content (AvgIpc) is 2.86. The van der Waals surface area contributed by atoms with Gasteiger partial charge in [0.2, 0.25) is 0 Å². The summed E-state index contributed by atoms with van der Waals surface area (Å²) in [5, 5.41) is 0. The van der Waals surface area contributed by atoms with E-state index >= 15 is 0 Å². The molecule has 3 aromatic rings. The quantitative estimate of drug-likeness (QED) is 0.475. The van der Waals surface area contributed by atoms with Crippen molar-refractivity contribution in [2.24, 2.45) is 0 Å². The Hall–Kier alpha value is -2.82. The molecule has 32 heavy (non-hydrogen) atoms. The average molecular weight is 431 g/mol. The number of nitrogens with zero attached hydrogens (tertiary/aromatic N) is 2. The van der Waals surface area contributed by atoms with Crippen LogP contribution < -0.4 is 9.47 Å². The molecular weight excluding hydrogens is 396 g/mol. The minimum atomic E-state index is 0.446. The van der Waals surface area contributed by atoms with Gasteiger partial charge in [0, 0.05) is 38.6 Å². The molecule has 1 fully saturated rings. The normalized spacial score (nSPS) is 15.1. The molecule has 0 aliphatic carbocycles. The number of methoxy groups -OCH3 is 2. The van der Waals surface area contributed by atoms with Gasteiger partial charge in [-0.15, -0.1) is 0 Å². The van der Waals surface area contributed by atoms with E-state index in [-0.39, 0.29) is 0 Å². The van der Waals surface area contributed by atoms with Crippen LogP contribution in [-0.4, -0.2) is 56.7 Å². The standard InChI is InChI=1S/C28H34N2O2/c1-31-27-14-13-23(21-28(27)32-2)22-30-19-17-29(18-20-30)16-15-26(24-9-5-3-6-10-24)25-11-7-4-8-12-25/h3-14,21,26H,15-20,22H2,1-2H3. The molecule has 1 aliphatic rings. The van der Waals surface area contributed by atoms with Crippen molar-refractivity contribution >= 4 is 0 Å². The van der Waals surface area contributed by atoms with E-state index in [1.807, 2.05) is 6.07 Å². The molecule has 0 spiro atoms. The Balaban J connectivity index is 1.31. The number of benzene rings is 3. The number of piperazine rings is 1. The summed E-state index contributed by atoms with van der Waals surface area (Å²) in [5.74, 6) is 2.03. The zero-order chi connectivity index (χ0) is 22.2. The number of hydrogen-bond donors (Lipinski definition) is 0. The molecule has 4 rings (SSSR count). The fourth-order valence-electron chi connectivity index (χ4n) is 4.62. The van der Waals surface area contributed by atoms with Crippen LogP contribution in [0.5, 0.6) is 11.5 Å². The largest absolute Gasteiger partial charge is 0.493 e. The Labute approximate surface area is 192 Å². The third kappa shape index (κ3) is 5.70. The van der Waals surface area contributed by atoms with Gasteiger partial charge in [0.25, 0.3) is 0 Å². The zero-order valence-corrected chi connectivity index (χ0v) is 19.2. The molecule has 0 saturated carbocycles. The van der Waals surface area contributed by atoms with Crippen molar-refractivity contribution in [1.29, 1.82) is 0 Å². The second kappa shape index (κ2) is 11.2. The summed E-state index contributed by atoms with van der Waals surface area (Å²) < 4.78 is 10.8. The summed E-state index contributed by atoms with van der Waals surface area (Å²) in [6.07, 6.45) is 1.14. The molecule has 1 aliphatic heterocycles. The number of rotatable bonds is 9. The molecule has 1 saturated heterocycles. The van der Waals surface area contributed by atoms with Gasteiger partial charge in [0.1, 0.15) is 0 Å². The van der Waals surface area contributed by atoms with Crippen LogP contribution in [0.1, 0.15) is 29.0 Å². The Morgan fingerprint density at radius 3 is 1.81 bits per heavy atom. The van der Waals surface area contributed by atoms with Crippen molar-refractivity contribution in [3.63, 3.8) is 0 Å². The van der Waals surface area contributed by atoms with Crippen LogP contribution in [0.25, 0.3) is 0 Å². The first kappa shape index (κ1) is 22.4. The predicted molar refractivity (Wildman–Crippen MR) is 131 cm³/mol. The highest BCUT2D eigenvalue weighted by Gasteiger charge is 2.20. The third-order valence-corrected chi connectivity index (χ3v) is 6.46. The molecular formula is C28H34N2O2. The monoisotopic (exact) mass is 430 g/mol. The second-order valence-corrected chi connectivity index (χ2v) is 8.47. The predicted octanol–water partition coefficient (Wildman–Crippen LogP) is 5.04. The first-order valence-electron chi connectivity index (χ1n) is 11.5. The van der Waals surface area contributed by atoms with Gasteiger partial charge in [0.05, 0.1) is 14.2 Å². The van der Waals surface area contributed by atoms with Gasteiger partial charge >= 0.3 is 0 Å². The Kier molecular flexibility index (Phi) is 7.81. The maximum absolute atomic E-state index is 5.46. The SMILES string of the molecule is COc1ccc(CN2CCN(CCC(c3ccccc3)c3ccccc3)CC2)cc1OC. The van der Waals surface area contributed by atoms with E-state index in [9.17, 15) is 0 Å². The summed E-state index contributed by atoms with van der Waals surface area (Å²) in [7, 11) is 3.37. The Morgan fingerprint density at radius 1 is 0.688 bits per heavy atom. The molecule has 0 N–H and O–H groups in total. The van der Waals surface area contributed by atoms with E-state index < -0.39 is 0 Å². The number of ether oxygens (including phenoxy) is 2. The minimum Gasteiger partial charge on any atom is -0.493 e. The molecule has 3 aromatic carbocycles. The van der Waals surface area contributed by atoms with E-state index in [0.29, 0.717) is 5.92 Å². The lowest BCUT2D eigenvalue weighted by atomic mass is 9.88. The van der Waals surface area contributed by atoms with Crippen molar-refractivity contribution in [3.05, 3.63) is 95.6 Å². The molecule has 0 bridgehead atoms. The van der Waals surface area contributed by atoms with Crippen molar-refractivity contribution < 1.29 is 9.47 Å². The van der Waals surface area contributed by atoms with Gasteiger partial charge in [-0.3, -0.25) is 4.90 Å². The van der Waals surface area contributed by atoms with Crippen LogP contribution >= 0.6 is 0 Å². The molecule has 0 aromatic heterocycles. The van der Waals surface area contributed by atoms with Gasteiger partial charge in [-0.1, -0.05) is 66.7 Å². The van der Waals surface area contributed by atoms with Gasteiger partial charge < -0.3 is 14.4 Å². The molecule has 168 valence electrons. The topological polar surface area (TPSA) is 24.9 Å². The lowest BCUT2D eigenvalue weighted by Gasteiger charge is -2.35. The van der Waals surface area contributed by atoms with Crippen LogP contribution in [0.2, 0.25) is 0 Å². The van der Waals surface area contributed by atoms with Crippen molar-refractivity contribution in [2.45, 2.75) is 18.9 Å². The zero-order valence-electron chi connectivity index (χ0n) is 19.2. The maximum atomic E-state index is 5.46. The van der Waals surface area contributed by atoms with E-state index in [2.05, 4.69) is 82.6 Å². The van der Waals surface area contributed by atoms with Crippen molar-refractivity contribution in [2.75, 3.05) is 46.9 Å². The van der Waals surface area contributed by atoms with Crippen LogP contribution in [-0.2, 0) is 6.54 Å². The highest BCUT2D eigenvalue weighted by Crippen LogP contribution is 2.29. The third-order valence-electron chi connectivity index (χ3n) is 6.46. The maximum Gasteiger partial charge on any atom is 0.161 e. The molecule has 4 nitrogen and oxygen atoms in total. The first-order valence-corrected chi connectivity index (χ1v) is 11.5. The fourth-order valence-corrected chi connectivity index (χ4v) is 4.62. The Bertz CT molecular complexity index is 914. The Morgan fingerprint density at radius 2 is 1.25 bits per heavy atom. The molecule has 0 radical (unpaired) electrons. The lowest BCUT2D eigenvalue weighted by molar-refractivity contribution is 0.125. The smallest absolute Gasteiger partial charge is 0.161 e. The highest BCUT2D eigenvalue weighted by atomic mass is 16.5. The van der Waals surface area contributed by atoms with Gasteiger partial charge in [-0.25, -0.2) is 0 Å². The van der Waals surface area contributed by atoms with E-state index in [0.717, 1.165) is 57.2 Å². The van der Waals surface area contributed by atoms with Crippen molar-refractivity contribution in [1.82, 2.24) is 9.80 Å². The van der Waals surface area contributed by atoms with Crippen LogP contribution in [0, 0.1) is 0 Å². The summed E-state index contributed by atoms with van der Waals surface area (Å²) in [5.41, 5.74) is 4.08. The highest BCUT2D eigenvalue weighted by molar-refractivity contribution is 5.42. The lowest BCUT2D eigenvalue weighted by Crippen LogP contribution is -2.46. The van der Waals surface area contributed by atoms with Gasteiger partial charge in [0.15, 0.2) is 11.5 Å². The molecule has 0 amide bonds. The molecule has 0 unspecified atom stereocenters. The first-order chi connectivity index (χ1) is 15.8. The summed E-state index contributed by atoms with van der Waals surface area (Å²) >= 11 is 0. The molecule has 4 heteroatoms. The fraction of sp³-hybridized carbons (Fsp3) is 0.357. The van der Waals surface area contributed by atoms with E-state index in [1.54, 1.807) is 14.2 Å². The molecule has 0 atom stereocenters. The minimum absolute atomic E-state index is 0.446. The summed E-state index contributed by atoms with van der Waals surface area (Å²) in [6.45, 7) is 6.49. The summed E-state index contributed by atoms with van der Waals surface area (Å²) in [6, 6.07) is 28.1. The van der Waals surface area contributed by atoms with Gasteiger partial charge in [-0.2, -0.15) is 0 Å². The summed E-state index contributed by atoms with van der Waals surface area (Å²) in [4.78, 5) is 5.15. The molecule has 1 heterocycles. The van der Waals surface area contributed by atoms with Crippen LogP contribution in [0.3, 0.4) is 0 Å². The van der Waals surface area contributed by atoms with E-state index in [4.69, 9.17) is 9.47 Å². The number of hydrogen-bond acceptors (Lipinski definition) is 4. The van der Waals surface area contributed by atoms with Crippen molar-refractivity contribution in [3.8, 4) is 11.5 Å². The second-order valence-electron chi connectivity index (χ2n) is 8.47. The van der Waals surface area contributed by atoms with Crippen LogP contribution in [0.4, 0.5) is 0 Å². The van der Waals surface area contributed by atoms with Gasteiger partial charge in [-0.05, 0) is 41.8 Å². The van der Waals surface area contributed by atoms with Crippen LogP contribution in [0.15, 0.2) is 78.9 Å². The van der Waals surface area contributed by atoms with E-state index in [1.165, 1.54) is 16.7 Å².